The first-order valence-electron chi connectivity index (χ1n) is 11.0. The van der Waals surface area contributed by atoms with Crippen molar-refractivity contribution in [2.45, 2.75) is 6.10 Å². The Balaban J connectivity index is 1.48. The fraction of sp³-hybridized carbons (Fsp3) is 0.500. The average molecular weight is 444 g/mol. The molecule has 32 heavy (non-hydrogen) atoms. The van der Waals surface area contributed by atoms with Gasteiger partial charge in [-0.2, -0.15) is 0 Å². The van der Waals surface area contributed by atoms with E-state index in [0.29, 0.717) is 80.3 Å². The van der Waals surface area contributed by atoms with Gasteiger partial charge in [-0.05, 0) is 18.2 Å². The molecule has 2 saturated heterocycles. The number of ether oxygens (including phenoxy) is 2. The number of pyridine rings is 1. The summed E-state index contributed by atoms with van der Waals surface area (Å²) >= 11 is 0. The van der Waals surface area contributed by atoms with Crippen LogP contribution in [0.25, 0.3) is 11.3 Å². The number of anilines is 2. The van der Waals surface area contributed by atoms with Gasteiger partial charge in [-0.1, -0.05) is 0 Å². The first-order chi connectivity index (χ1) is 15.7. The number of nitrogens with zero attached hydrogens (tertiary/aromatic N) is 4. The van der Waals surface area contributed by atoms with E-state index in [2.05, 4.69) is 25.6 Å². The third-order valence-corrected chi connectivity index (χ3v) is 5.77. The van der Waals surface area contributed by atoms with E-state index in [1.807, 2.05) is 0 Å². The molecule has 0 amide bonds. The van der Waals surface area contributed by atoms with E-state index in [4.69, 9.17) is 9.47 Å². The fourth-order valence-electron chi connectivity index (χ4n) is 4.17. The molecule has 0 unspecified atom stereocenters. The van der Waals surface area contributed by atoms with Gasteiger partial charge in [0, 0.05) is 38.3 Å². The molecule has 4 heterocycles. The first-order valence-corrected chi connectivity index (χ1v) is 11.0. The average Bonchev–Trinajstić information content (AvgIpc) is 2.83. The molecular weight excluding hydrogens is 418 g/mol. The van der Waals surface area contributed by atoms with E-state index in [1.54, 1.807) is 11.0 Å². The van der Waals surface area contributed by atoms with Gasteiger partial charge in [-0.25, -0.2) is 13.8 Å². The Kier molecular flexibility index (Phi) is 6.24. The van der Waals surface area contributed by atoms with Gasteiger partial charge in [0.05, 0.1) is 50.1 Å². The van der Waals surface area contributed by atoms with Crippen molar-refractivity contribution in [1.29, 1.82) is 0 Å². The van der Waals surface area contributed by atoms with Crippen LogP contribution in [0, 0.1) is 11.6 Å². The summed E-state index contributed by atoms with van der Waals surface area (Å²) in [5.74, 6) is -0.674. The van der Waals surface area contributed by atoms with Crippen LogP contribution < -0.4 is 26.2 Å². The van der Waals surface area contributed by atoms with E-state index in [0.717, 1.165) is 13.1 Å². The van der Waals surface area contributed by atoms with Gasteiger partial charge in [-0.15, -0.1) is 0 Å². The molecule has 1 aromatic carbocycles. The van der Waals surface area contributed by atoms with Gasteiger partial charge >= 0.3 is 0 Å². The monoisotopic (exact) mass is 444 g/mol. The molecular formula is C22H26F2N6O2. The molecule has 10 heteroatoms. The highest BCUT2D eigenvalue weighted by Gasteiger charge is 2.22. The predicted octanol–water partition coefficient (Wildman–Crippen LogP) is 0.517. The number of nitrogens with one attached hydrogen (secondary N) is 2. The van der Waals surface area contributed by atoms with Crippen molar-refractivity contribution < 1.29 is 18.3 Å². The summed E-state index contributed by atoms with van der Waals surface area (Å²) < 4.78 is 41.0. The zero-order valence-electron chi connectivity index (χ0n) is 17.7. The lowest BCUT2D eigenvalue weighted by atomic mass is 10.1. The second-order valence-electron chi connectivity index (χ2n) is 7.95. The summed E-state index contributed by atoms with van der Waals surface area (Å²) in [5, 5.41) is 7.94. The van der Waals surface area contributed by atoms with E-state index in [-0.39, 0.29) is 11.8 Å². The Hall–Kier alpha value is -2.69. The van der Waals surface area contributed by atoms with E-state index < -0.39 is 11.6 Å². The number of halogens is 2. The van der Waals surface area contributed by atoms with Gasteiger partial charge in [0.25, 0.3) is 0 Å². The molecule has 3 aliphatic heterocycles. The summed E-state index contributed by atoms with van der Waals surface area (Å²) in [4.78, 5) is 15.4. The fourth-order valence-corrected chi connectivity index (χ4v) is 4.17. The molecule has 1 atom stereocenters. The van der Waals surface area contributed by atoms with Crippen LogP contribution >= 0.6 is 0 Å². The molecule has 1 aromatic heterocycles. The Labute approximate surface area is 184 Å². The van der Waals surface area contributed by atoms with Crippen molar-refractivity contribution >= 4 is 11.5 Å². The number of hydrogen-bond acceptors (Lipinski definition) is 8. The van der Waals surface area contributed by atoms with E-state index >= 15 is 0 Å². The summed E-state index contributed by atoms with van der Waals surface area (Å²) in [6.07, 6.45) is 0.00748. The van der Waals surface area contributed by atoms with Gasteiger partial charge in [0.1, 0.15) is 22.7 Å². The number of aromatic nitrogens is 1. The molecule has 0 spiro atoms. The number of hydrogen-bond donors (Lipinski definition) is 2. The molecule has 170 valence electrons. The molecule has 3 aliphatic rings. The Morgan fingerprint density at radius 1 is 1.06 bits per heavy atom. The summed E-state index contributed by atoms with van der Waals surface area (Å²) in [5.41, 5.74) is 0.787. The van der Waals surface area contributed by atoms with Crippen molar-refractivity contribution in [2.75, 3.05) is 75.9 Å². The lowest BCUT2D eigenvalue weighted by Gasteiger charge is -2.29. The Bertz CT molecular complexity index is 1080. The standard InChI is InChI=1S/C22H26F2N6O2/c23-16-9-14(10-17(24)21(16)30-4-7-31-8-5-30)18-11-19-20(27-2-1-26-19)22(29-18)28-13-15-12-25-3-6-32-15/h9-11,15,25H,1-8,12-13H2,(H,28,29)/t15-/m0/s1. The van der Waals surface area contributed by atoms with Gasteiger partial charge in [-0.3, -0.25) is 9.98 Å². The van der Waals surface area contributed by atoms with E-state index in [1.165, 1.54) is 12.1 Å². The molecule has 0 aliphatic carbocycles. The van der Waals surface area contributed by atoms with Crippen molar-refractivity contribution in [3.05, 3.63) is 40.5 Å². The van der Waals surface area contributed by atoms with Crippen LogP contribution in [0.4, 0.5) is 20.3 Å². The van der Waals surface area contributed by atoms with Crippen LogP contribution in [0.5, 0.6) is 0 Å². The SMILES string of the molecule is Fc1cc(-c2cc3c(c(NC[C@@H]4CNCCO4)n2)=NCCN=3)cc(F)c1N1CCOCC1. The summed E-state index contributed by atoms with van der Waals surface area (Å²) in [6, 6.07) is 4.41. The first kappa shape index (κ1) is 21.2. The normalized spacial score (nSPS) is 20.8. The minimum atomic E-state index is -0.612. The minimum absolute atomic E-state index is 0.00748. The van der Waals surface area contributed by atoms with Crippen LogP contribution in [-0.4, -0.2) is 76.7 Å². The molecule has 0 saturated carbocycles. The zero-order valence-corrected chi connectivity index (χ0v) is 17.7. The molecule has 2 fully saturated rings. The quantitative estimate of drug-likeness (QED) is 0.700. The lowest BCUT2D eigenvalue weighted by molar-refractivity contribution is 0.0371. The van der Waals surface area contributed by atoms with Crippen LogP contribution in [0.3, 0.4) is 0 Å². The molecule has 5 rings (SSSR count). The highest BCUT2D eigenvalue weighted by atomic mass is 19.1. The predicted molar refractivity (Wildman–Crippen MR) is 116 cm³/mol. The smallest absolute Gasteiger partial charge is 0.154 e. The lowest BCUT2D eigenvalue weighted by Crippen LogP contribution is -2.43. The largest absolute Gasteiger partial charge is 0.378 e. The number of fused-ring (bicyclic) bond motifs is 1. The maximum atomic E-state index is 15.0. The maximum Gasteiger partial charge on any atom is 0.154 e. The number of rotatable bonds is 5. The van der Waals surface area contributed by atoms with Crippen LogP contribution in [0.1, 0.15) is 0 Å². The Morgan fingerprint density at radius 2 is 1.84 bits per heavy atom. The van der Waals surface area contributed by atoms with Gasteiger partial charge in [0.2, 0.25) is 0 Å². The van der Waals surface area contributed by atoms with Crippen LogP contribution in [0.15, 0.2) is 28.2 Å². The second kappa shape index (κ2) is 9.43. The molecule has 2 N–H and O–H groups in total. The van der Waals surface area contributed by atoms with Crippen molar-refractivity contribution in [1.82, 2.24) is 10.3 Å². The molecule has 8 nitrogen and oxygen atoms in total. The Morgan fingerprint density at radius 3 is 2.59 bits per heavy atom. The number of benzene rings is 1. The highest BCUT2D eigenvalue weighted by molar-refractivity contribution is 5.66. The summed E-state index contributed by atoms with van der Waals surface area (Å²) in [6.45, 7) is 5.76. The second-order valence-corrected chi connectivity index (χ2v) is 7.95. The topological polar surface area (TPSA) is 83.4 Å². The van der Waals surface area contributed by atoms with Crippen LogP contribution in [0.2, 0.25) is 0 Å². The van der Waals surface area contributed by atoms with Gasteiger partial charge < -0.3 is 25.0 Å². The third kappa shape index (κ3) is 4.43. The third-order valence-electron chi connectivity index (χ3n) is 5.77. The highest BCUT2D eigenvalue weighted by Crippen LogP contribution is 2.29. The van der Waals surface area contributed by atoms with Crippen molar-refractivity contribution in [2.24, 2.45) is 9.98 Å². The van der Waals surface area contributed by atoms with Crippen LogP contribution in [-0.2, 0) is 9.47 Å². The van der Waals surface area contributed by atoms with Gasteiger partial charge in [0.15, 0.2) is 5.82 Å². The van der Waals surface area contributed by atoms with E-state index in [9.17, 15) is 8.78 Å². The number of morpholine rings is 2. The zero-order chi connectivity index (χ0) is 21.9. The molecule has 0 bridgehead atoms. The summed E-state index contributed by atoms with van der Waals surface area (Å²) in [7, 11) is 0. The maximum absolute atomic E-state index is 15.0. The molecule has 0 radical (unpaired) electrons. The van der Waals surface area contributed by atoms with Crippen molar-refractivity contribution in [3.63, 3.8) is 0 Å². The minimum Gasteiger partial charge on any atom is -0.378 e. The molecule has 2 aromatic rings. The van der Waals surface area contributed by atoms with Crippen molar-refractivity contribution in [3.8, 4) is 11.3 Å².